The Balaban J connectivity index is 1.92. The second kappa shape index (κ2) is 6.90. The van der Waals surface area contributed by atoms with Crippen LogP contribution in [0.15, 0.2) is 34.9 Å². The lowest BCUT2D eigenvalue weighted by atomic mass is 10.1. The number of aromatic nitrogens is 1. The lowest BCUT2D eigenvalue weighted by molar-refractivity contribution is 0.262. The maximum atomic E-state index is 11.8. The van der Waals surface area contributed by atoms with Crippen molar-refractivity contribution in [2.75, 3.05) is 17.2 Å². The van der Waals surface area contributed by atoms with Gasteiger partial charge in [-0.25, -0.2) is 4.79 Å². The molecule has 1 heterocycles. The first-order valence-electron chi connectivity index (χ1n) is 6.93. The molecule has 0 saturated heterocycles. The van der Waals surface area contributed by atoms with Gasteiger partial charge in [-0.1, -0.05) is 24.2 Å². The van der Waals surface area contributed by atoms with Gasteiger partial charge in [-0.3, -0.25) is 5.32 Å². The summed E-state index contributed by atoms with van der Waals surface area (Å²) in [7, 11) is 0. The van der Waals surface area contributed by atoms with Crippen LogP contribution < -0.4 is 16.0 Å². The normalized spacial score (nSPS) is 12.0. The molecule has 6 nitrogen and oxygen atoms in total. The van der Waals surface area contributed by atoms with Crippen molar-refractivity contribution in [3.63, 3.8) is 0 Å². The van der Waals surface area contributed by atoms with E-state index in [1.807, 2.05) is 24.3 Å². The summed E-state index contributed by atoms with van der Waals surface area (Å²) in [6.45, 7) is 6.86. The standard InChI is InChI=1S/C15H20N4O2/c1-4-16-11(3)12-5-7-13(8-6-12)17-15(20)18-14-9-10(2)21-19-14/h5-9,11,16H,4H2,1-3H3,(H2,17,18,19,20). The van der Waals surface area contributed by atoms with Crippen LogP contribution in [0.25, 0.3) is 0 Å². The van der Waals surface area contributed by atoms with E-state index in [9.17, 15) is 4.79 Å². The molecule has 1 aromatic carbocycles. The lowest BCUT2D eigenvalue weighted by Crippen LogP contribution is -2.20. The molecule has 0 fully saturated rings. The molecule has 3 N–H and O–H groups in total. The van der Waals surface area contributed by atoms with Gasteiger partial charge in [0.25, 0.3) is 0 Å². The van der Waals surface area contributed by atoms with Crippen LogP contribution in [0, 0.1) is 6.92 Å². The van der Waals surface area contributed by atoms with Crippen LogP contribution in [0.3, 0.4) is 0 Å². The van der Waals surface area contributed by atoms with Crippen molar-refractivity contribution < 1.29 is 9.32 Å². The quantitative estimate of drug-likeness (QED) is 0.788. The van der Waals surface area contributed by atoms with Crippen LogP contribution in [0.4, 0.5) is 16.3 Å². The molecular weight excluding hydrogens is 268 g/mol. The Kier molecular flexibility index (Phi) is 4.94. The number of anilines is 2. The number of hydrogen-bond donors (Lipinski definition) is 3. The number of aryl methyl sites for hydroxylation is 1. The van der Waals surface area contributed by atoms with E-state index >= 15 is 0 Å². The first-order valence-corrected chi connectivity index (χ1v) is 6.93. The summed E-state index contributed by atoms with van der Waals surface area (Å²) >= 11 is 0. The molecule has 0 aliphatic heterocycles. The molecule has 6 heteroatoms. The van der Waals surface area contributed by atoms with Crippen LogP contribution in [-0.4, -0.2) is 17.7 Å². The third-order valence-electron chi connectivity index (χ3n) is 3.05. The van der Waals surface area contributed by atoms with E-state index < -0.39 is 0 Å². The Morgan fingerprint density at radius 1 is 1.29 bits per heavy atom. The zero-order valence-electron chi connectivity index (χ0n) is 12.4. The first kappa shape index (κ1) is 15.1. The maximum Gasteiger partial charge on any atom is 0.324 e. The number of carbonyl (C=O) groups excluding carboxylic acids is 1. The number of benzene rings is 1. The van der Waals surface area contributed by atoms with Gasteiger partial charge >= 0.3 is 6.03 Å². The number of nitrogens with zero attached hydrogens (tertiary/aromatic N) is 1. The van der Waals surface area contributed by atoms with Crippen molar-refractivity contribution in [3.05, 3.63) is 41.7 Å². The van der Waals surface area contributed by atoms with E-state index in [2.05, 4.69) is 35.0 Å². The Bertz CT molecular complexity index is 592. The highest BCUT2D eigenvalue weighted by atomic mass is 16.5. The lowest BCUT2D eigenvalue weighted by Gasteiger charge is -2.13. The molecule has 0 radical (unpaired) electrons. The molecule has 2 aromatic rings. The molecule has 0 aliphatic rings. The molecule has 2 rings (SSSR count). The van der Waals surface area contributed by atoms with Crippen LogP contribution in [0.2, 0.25) is 0 Å². The van der Waals surface area contributed by atoms with Gasteiger partial charge in [0, 0.05) is 17.8 Å². The van der Waals surface area contributed by atoms with Gasteiger partial charge in [0.15, 0.2) is 5.82 Å². The van der Waals surface area contributed by atoms with Crippen molar-refractivity contribution in [2.45, 2.75) is 26.8 Å². The fourth-order valence-electron chi connectivity index (χ4n) is 1.98. The summed E-state index contributed by atoms with van der Waals surface area (Å²) in [6.07, 6.45) is 0. The van der Waals surface area contributed by atoms with E-state index in [0.717, 1.165) is 12.2 Å². The van der Waals surface area contributed by atoms with E-state index in [4.69, 9.17) is 4.52 Å². The molecule has 2 amide bonds. The highest BCUT2D eigenvalue weighted by Crippen LogP contribution is 2.16. The van der Waals surface area contributed by atoms with Crippen molar-refractivity contribution in [1.29, 1.82) is 0 Å². The summed E-state index contributed by atoms with van der Waals surface area (Å²) in [4.78, 5) is 11.8. The van der Waals surface area contributed by atoms with Gasteiger partial charge in [-0.15, -0.1) is 0 Å². The predicted molar refractivity (Wildman–Crippen MR) is 82.4 cm³/mol. The Hall–Kier alpha value is -2.34. The fourth-order valence-corrected chi connectivity index (χ4v) is 1.98. The monoisotopic (exact) mass is 288 g/mol. The minimum absolute atomic E-state index is 0.288. The first-order chi connectivity index (χ1) is 10.1. The van der Waals surface area contributed by atoms with Gasteiger partial charge < -0.3 is 15.2 Å². The van der Waals surface area contributed by atoms with Gasteiger partial charge in [-0.05, 0) is 38.1 Å². The highest BCUT2D eigenvalue weighted by molar-refractivity contribution is 5.99. The van der Waals surface area contributed by atoms with Gasteiger partial charge in [0.2, 0.25) is 0 Å². The molecule has 112 valence electrons. The van der Waals surface area contributed by atoms with Crippen LogP contribution in [0.1, 0.15) is 31.2 Å². The number of urea groups is 1. The molecule has 0 spiro atoms. The summed E-state index contributed by atoms with van der Waals surface area (Å²) < 4.78 is 4.88. The van der Waals surface area contributed by atoms with Gasteiger partial charge in [0.05, 0.1) is 0 Å². The minimum Gasteiger partial charge on any atom is -0.360 e. The fraction of sp³-hybridized carbons (Fsp3) is 0.333. The number of carbonyl (C=O) groups is 1. The molecule has 0 aliphatic carbocycles. The third kappa shape index (κ3) is 4.32. The third-order valence-corrected chi connectivity index (χ3v) is 3.05. The Morgan fingerprint density at radius 2 is 2.00 bits per heavy atom. The van der Waals surface area contributed by atoms with Crippen LogP contribution in [-0.2, 0) is 0 Å². The summed E-state index contributed by atoms with van der Waals surface area (Å²) in [5.74, 6) is 1.04. The summed E-state index contributed by atoms with van der Waals surface area (Å²) in [6, 6.07) is 9.31. The maximum absolute atomic E-state index is 11.8. The topological polar surface area (TPSA) is 79.2 Å². The largest absolute Gasteiger partial charge is 0.360 e. The summed E-state index contributed by atoms with van der Waals surface area (Å²) in [5.41, 5.74) is 1.90. The molecule has 21 heavy (non-hydrogen) atoms. The van der Waals surface area contributed by atoms with Crippen LogP contribution in [0.5, 0.6) is 0 Å². The Labute approximate surface area is 123 Å². The second-order valence-electron chi connectivity index (χ2n) is 4.80. The summed E-state index contributed by atoms with van der Waals surface area (Å²) in [5, 5.41) is 12.4. The predicted octanol–water partition coefficient (Wildman–Crippen LogP) is 3.30. The number of rotatable bonds is 5. The van der Waals surface area contributed by atoms with E-state index in [0.29, 0.717) is 11.6 Å². The van der Waals surface area contributed by atoms with Crippen molar-refractivity contribution in [2.24, 2.45) is 0 Å². The van der Waals surface area contributed by atoms with Crippen molar-refractivity contribution >= 4 is 17.5 Å². The minimum atomic E-state index is -0.351. The number of nitrogens with one attached hydrogen (secondary N) is 3. The van der Waals surface area contributed by atoms with E-state index in [1.165, 1.54) is 5.56 Å². The smallest absolute Gasteiger partial charge is 0.324 e. The number of hydrogen-bond acceptors (Lipinski definition) is 4. The average molecular weight is 288 g/mol. The molecule has 1 atom stereocenters. The zero-order chi connectivity index (χ0) is 15.2. The van der Waals surface area contributed by atoms with Crippen LogP contribution >= 0.6 is 0 Å². The van der Waals surface area contributed by atoms with Crippen molar-refractivity contribution in [3.8, 4) is 0 Å². The SMILES string of the molecule is CCNC(C)c1ccc(NC(=O)Nc2cc(C)on2)cc1. The molecule has 0 saturated carbocycles. The number of amides is 2. The van der Waals surface area contributed by atoms with E-state index in [-0.39, 0.29) is 12.1 Å². The molecule has 0 bridgehead atoms. The van der Waals surface area contributed by atoms with Gasteiger partial charge in [-0.2, -0.15) is 0 Å². The van der Waals surface area contributed by atoms with Gasteiger partial charge in [0.1, 0.15) is 5.76 Å². The van der Waals surface area contributed by atoms with E-state index in [1.54, 1.807) is 13.0 Å². The zero-order valence-corrected chi connectivity index (χ0v) is 12.4. The second-order valence-corrected chi connectivity index (χ2v) is 4.80. The van der Waals surface area contributed by atoms with Crippen molar-refractivity contribution in [1.82, 2.24) is 10.5 Å². The molecule has 1 aromatic heterocycles. The average Bonchev–Trinajstić information content (AvgIpc) is 2.85. The molecular formula is C15H20N4O2. The molecule has 1 unspecified atom stereocenters. The Morgan fingerprint density at radius 3 is 2.57 bits per heavy atom. The highest BCUT2D eigenvalue weighted by Gasteiger charge is 2.07.